The van der Waals surface area contributed by atoms with Crippen LogP contribution in [0.3, 0.4) is 0 Å². The lowest BCUT2D eigenvalue weighted by atomic mass is 9.58. The van der Waals surface area contributed by atoms with Crippen LogP contribution in [0, 0.1) is 11.8 Å². The molecule has 0 aromatic heterocycles. The molecule has 0 unspecified atom stereocenters. The van der Waals surface area contributed by atoms with Gasteiger partial charge in [0.1, 0.15) is 22.8 Å². The zero-order valence-corrected chi connectivity index (χ0v) is 25.6. The quantitative estimate of drug-likeness (QED) is 0.236. The number of phenols is 1. The molecule has 0 bridgehead atoms. The molecule has 7 N–H and O–H groups in total. The number of Topliss-reactive ketones (excluding diaryl/α,β-unsaturated/α-hetero) is 2. The van der Waals surface area contributed by atoms with Gasteiger partial charge in [-0.25, -0.2) is 0 Å². The molecule has 3 aliphatic carbocycles. The molecule has 0 fully saturated rings. The summed E-state index contributed by atoms with van der Waals surface area (Å²) in [6.45, 7) is 0.264. The van der Waals surface area contributed by atoms with Gasteiger partial charge in [-0.05, 0) is 94.7 Å². The first-order chi connectivity index (χ1) is 21.2. The summed E-state index contributed by atoms with van der Waals surface area (Å²) in [5.41, 5.74) is 4.79. The number of aliphatic hydroxyl groups is 3. The van der Waals surface area contributed by atoms with Crippen LogP contribution in [0.25, 0.3) is 0 Å². The molecular weight excluding hydrogens is 580 g/mol. The first kappa shape index (κ1) is 31.9. The average Bonchev–Trinajstić information content (AvgIpc) is 2.94. The number of ketones is 2. The number of fused-ring (bicyclic) bond motifs is 3. The van der Waals surface area contributed by atoms with E-state index in [1.807, 2.05) is 38.4 Å². The van der Waals surface area contributed by atoms with Gasteiger partial charge in [-0.15, -0.1) is 0 Å². The van der Waals surface area contributed by atoms with Crippen LogP contribution in [0.15, 0.2) is 59.1 Å². The number of allylic oxidation sites excluding steroid dienone is 1. The van der Waals surface area contributed by atoms with Gasteiger partial charge in [-0.1, -0.05) is 18.2 Å². The van der Waals surface area contributed by atoms with Crippen LogP contribution in [0.1, 0.15) is 33.5 Å². The number of hydrogen-bond acceptors (Lipinski definition) is 10. The molecule has 0 saturated heterocycles. The van der Waals surface area contributed by atoms with Crippen molar-refractivity contribution in [3.05, 3.63) is 81.3 Å². The number of carbonyl (C=O) groups excluding carboxylic acids is 4. The van der Waals surface area contributed by atoms with Crippen molar-refractivity contribution in [1.29, 1.82) is 0 Å². The standard InChI is InChI=1S/C33H38N4O8/c1-36(2)15-23(39)35-19-10-6-16(7-11-19)5-8-17-9-12-22(38)25-20(17)13-18-14-21-27(37(3)4)29(41)26(32(34)44)31(43)33(21,45)30(42)24(18)28(25)40/h6-7,9-12,18,21,27,38,41-42,45H,5,8,13-15H2,1-4H3,(H2,34,44)(H,35,39)/t18-,21-,27-,33-/m0/s1. The number of amides is 2. The largest absolute Gasteiger partial charge is 0.510 e. The summed E-state index contributed by atoms with van der Waals surface area (Å²) >= 11 is 0. The van der Waals surface area contributed by atoms with Crippen LogP contribution < -0.4 is 11.1 Å². The second kappa shape index (κ2) is 11.8. The Morgan fingerprint density at radius 3 is 2.27 bits per heavy atom. The normalized spacial score (nSPS) is 24.5. The summed E-state index contributed by atoms with van der Waals surface area (Å²) in [6, 6.07) is 9.58. The maximum atomic E-state index is 13.9. The van der Waals surface area contributed by atoms with Gasteiger partial charge >= 0.3 is 0 Å². The third-order valence-corrected chi connectivity index (χ3v) is 9.08. The Morgan fingerprint density at radius 2 is 1.67 bits per heavy atom. The monoisotopic (exact) mass is 618 g/mol. The summed E-state index contributed by atoms with van der Waals surface area (Å²) in [5, 5.41) is 47.8. The number of nitrogens with one attached hydrogen (secondary N) is 1. The van der Waals surface area contributed by atoms with E-state index in [0.29, 0.717) is 24.1 Å². The lowest BCUT2D eigenvalue weighted by molar-refractivity contribution is -0.148. The molecular formula is C33H38N4O8. The smallest absolute Gasteiger partial charge is 0.255 e. The van der Waals surface area contributed by atoms with Gasteiger partial charge in [0.05, 0.1) is 18.2 Å². The van der Waals surface area contributed by atoms with Gasteiger partial charge < -0.3 is 36.4 Å². The highest BCUT2D eigenvalue weighted by atomic mass is 16.3. The molecule has 0 saturated carbocycles. The number of rotatable bonds is 8. The van der Waals surface area contributed by atoms with Crippen LogP contribution in [0.2, 0.25) is 0 Å². The van der Waals surface area contributed by atoms with E-state index in [0.717, 1.165) is 11.1 Å². The number of hydrogen-bond donors (Lipinski definition) is 6. The molecule has 3 aliphatic rings. The number of aromatic hydroxyl groups is 1. The van der Waals surface area contributed by atoms with Crippen molar-refractivity contribution in [3.8, 4) is 5.75 Å². The van der Waals surface area contributed by atoms with E-state index in [1.54, 1.807) is 25.1 Å². The van der Waals surface area contributed by atoms with Crippen LogP contribution in [0.4, 0.5) is 5.69 Å². The molecule has 45 heavy (non-hydrogen) atoms. The summed E-state index contributed by atoms with van der Waals surface area (Å²) in [7, 11) is 6.81. The second-order valence-corrected chi connectivity index (χ2v) is 12.5. The lowest BCUT2D eigenvalue weighted by Crippen LogP contribution is -2.63. The minimum Gasteiger partial charge on any atom is -0.510 e. The topological polar surface area (TPSA) is 194 Å². The molecule has 0 heterocycles. The Hall–Kier alpha value is -4.52. The SMILES string of the molecule is CN(C)CC(=O)Nc1ccc(CCc2ccc(O)c3c2C[C@H]2C[C@H]4[C@H](N(C)C)C(O)=C(C(N)=O)C(=O)[C@@]4(O)C(O)=C2C3=O)cc1. The molecule has 4 atom stereocenters. The van der Waals surface area contributed by atoms with Gasteiger partial charge in [-0.2, -0.15) is 0 Å². The van der Waals surface area contributed by atoms with Crippen molar-refractivity contribution >= 4 is 29.1 Å². The van der Waals surface area contributed by atoms with Gasteiger partial charge in [0.25, 0.3) is 5.91 Å². The van der Waals surface area contributed by atoms with E-state index in [-0.39, 0.29) is 42.2 Å². The van der Waals surface area contributed by atoms with E-state index in [1.165, 1.54) is 11.0 Å². The van der Waals surface area contributed by atoms with E-state index in [9.17, 15) is 39.6 Å². The lowest BCUT2D eigenvalue weighted by Gasteiger charge is -2.50. The number of phenolic OH excluding ortho intramolecular Hbond substituents is 1. The number of nitrogens with zero attached hydrogens (tertiary/aromatic N) is 2. The van der Waals surface area contributed by atoms with Crippen molar-refractivity contribution in [2.45, 2.75) is 37.3 Å². The van der Waals surface area contributed by atoms with Gasteiger partial charge in [0, 0.05) is 17.2 Å². The van der Waals surface area contributed by atoms with E-state index in [4.69, 9.17) is 5.73 Å². The molecule has 0 radical (unpaired) electrons. The molecule has 2 amide bonds. The minimum absolute atomic E-state index is 0.00719. The summed E-state index contributed by atoms with van der Waals surface area (Å²) in [5.74, 6) is -6.86. The van der Waals surface area contributed by atoms with Crippen LogP contribution in [-0.2, 0) is 33.6 Å². The zero-order valence-electron chi connectivity index (χ0n) is 25.6. The fraction of sp³-hybridized carbons (Fsp3) is 0.394. The molecule has 2 aromatic rings. The number of carbonyl (C=O) groups is 4. The Kier molecular flexibility index (Phi) is 8.34. The highest BCUT2D eigenvalue weighted by Gasteiger charge is 2.63. The number of likely N-dealkylation sites (N-methyl/N-ethyl adjacent to an activating group) is 2. The van der Waals surface area contributed by atoms with Crippen LogP contribution >= 0.6 is 0 Å². The predicted octanol–water partition coefficient (Wildman–Crippen LogP) is 1.41. The predicted molar refractivity (Wildman–Crippen MR) is 165 cm³/mol. The van der Waals surface area contributed by atoms with Crippen molar-refractivity contribution in [3.63, 3.8) is 0 Å². The Bertz CT molecular complexity index is 1660. The number of anilines is 1. The second-order valence-electron chi connectivity index (χ2n) is 12.5. The molecule has 238 valence electrons. The number of benzene rings is 2. The fourth-order valence-corrected chi connectivity index (χ4v) is 7.07. The van der Waals surface area contributed by atoms with E-state index in [2.05, 4.69) is 5.32 Å². The fourth-order valence-electron chi connectivity index (χ4n) is 7.07. The molecule has 0 spiro atoms. The first-order valence-corrected chi connectivity index (χ1v) is 14.7. The Labute approximate surface area is 260 Å². The number of aryl methyl sites for hydroxylation is 2. The van der Waals surface area contributed by atoms with Gasteiger partial charge in [-0.3, -0.25) is 24.1 Å². The number of primary amides is 1. The Morgan fingerprint density at radius 1 is 1.00 bits per heavy atom. The third kappa shape index (κ3) is 5.39. The van der Waals surface area contributed by atoms with Gasteiger partial charge in [0.15, 0.2) is 11.4 Å². The highest BCUT2D eigenvalue weighted by molar-refractivity contribution is 6.24. The molecule has 12 heteroatoms. The maximum Gasteiger partial charge on any atom is 0.255 e. The van der Waals surface area contributed by atoms with Crippen molar-refractivity contribution in [1.82, 2.24) is 9.80 Å². The highest BCUT2D eigenvalue weighted by Crippen LogP contribution is 2.52. The number of nitrogens with two attached hydrogens (primary N) is 1. The van der Waals surface area contributed by atoms with E-state index < -0.39 is 58.0 Å². The summed E-state index contributed by atoms with van der Waals surface area (Å²) in [6.07, 6.45) is 1.39. The van der Waals surface area contributed by atoms with Crippen LogP contribution in [0.5, 0.6) is 5.75 Å². The van der Waals surface area contributed by atoms with Crippen molar-refractivity contribution in [2.75, 3.05) is 40.1 Å². The summed E-state index contributed by atoms with van der Waals surface area (Å²) < 4.78 is 0. The Balaban J connectivity index is 1.46. The minimum atomic E-state index is -2.67. The molecule has 12 nitrogen and oxygen atoms in total. The van der Waals surface area contributed by atoms with Gasteiger partial charge in [0.2, 0.25) is 11.7 Å². The maximum absolute atomic E-state index is 13.9. The zero-order chi connectivity index (χ0) is 33.0. The molecule has 2 aromatic carbocycles. The average molecular weight is 619 g/mol. The number of aliphatic hydroxyl groups excluding tert-OH is 2. The molecule has 0 aliphatic heterocycles. The molecule has 5 rings (SSSR count). The van der Waals surface area contributed by atoms with E-state index >= 15 is 0 Å². The van der Waals surface area contributed by atoms with Crippen molar-refractivity contribution in [2.24, 2.45) is 17.6 Å². The third-order valence-electron chi connectivity index (χ3n) is 9.08. The van der Waals surface area contributed by atoms with Crippen molar-refractivity contribution < 1.29 is 39.6 Å². The first-order valence-electron chi connectivity index (χ1n) is 14.7. The summed E-state index contributed by atoms with van der Waals surface area (Å²) in [4.78, 5) is 54.9. The van der Waals surface area contributed by atoms with Crippen LogP contribution in [-0.4, -0.2) is 100.0 Å².